The van der Waals surface area contributed by atoms with Gasteiger partial charge in [-0.25, -0.2) is 4.98 Å². The molecule has 1 aromatic heterocycles. The van der Waals surface area contributed by atoms with Crippen LogP contribution < -0.4 is 5.32 Å². The van der Waals surface area contributed by atoms with Crippen molar-refractivity contribution in [3.63, 3.8) is 0 Å². The first-order chi connectivity index (χ1) is 14.1. The first kappa shape index (κ1) is 24.2. The molecule has 0 spiro atoms. The standard InChI is InChI=1S/C24H34N2S3/c1-5-6-7-8-9-13-16-20(19-14-11-10-12-15-19)23(27)26-22-21(28-3)17-18(2)25-24(22)29-4/h10-12,14-15,17,20H,5-9,13,16H2,1-4H3,(H,26,27)/t20-/m0/s1. The first-order valence-electron chi connectivity index (χ1n) is 10.6. The minimum absolute atomic E-state index is 0.239. The highest BCUT2D eigenvalue weighted by Crippen LogP contribution is 2.35. The number of anilines is 1. The smallest absolute Gasteiger partial charge is 0.121 e. The molecule has 5 heteroatoms. The van der Waals surface area contributed by atoms with Gasteiger partial charge in [0.05, 0.1) is 10.7 Å². The molecule has 1 heterocycles. The van der Waals surface area contributed by atoms with Crippen LogP contribution in [0.3, 0.4) is 0 Å². The summed E-state index contributed by atoms with van der Waals surface area (Å²) < 4.78 is 0. The number of thiocarbonyl (C=S) groups is 1. The number of nitrogens with one attached hydrogen (secondary N) is 1. The van der Waals surface area contributed by atoms with E-state index in [0.29, 0.717) is 0 Å². The zero-order chi connectivity index (χ0) is 21.1. The fourth-order valence-electron chi connectivity index (χ4n) is 3.51. The lowest BCUT2D eigenvalue weighted by Crippen LogP contribution is -2.20. The summed E-state index contributed by atoms with van der Waals surface area (Å²) >= 11 is 9.36. The molecule has 0 aliphatic heterocycles. The SMILES string of the molecule is CCCCCCCC[C@H](C(=S)Nc1c(SC)cc(C)nc1SC)c1ccccc1. The van der Waals surface area contributed by atoms with E-state index in [9.17, 15) is 0 Å². The van der Waals surface area contributed by atoms with Crippen molar-refractivity contribution in [1.82, 2.24) is 4.98 Å². The van der Waals surface area contributed by atoms with E-state index in [1.54, 1.807) is 23.5 Å². The van der Waals surface area contributed by atoms with Crippen LogP contribution in [0.2, 0.25) is 0 Å². The summed E-state index contributed by atoms with van der Waals surface area (Å²) in [6.45, 7) is 4.31. The number of aromatic nitrogens is 1. The summed E-state index contributed by atoms with van der Waals surface area (Å²) in [6, 6.07) is 12.8. The van der Waals surface area contributed by atoms with Crippen molar-refractivity contribution in [1.29, 1.82) is 0 Å². The molecule has 0 aliphatic carbocycles. The molecule has 0 unspecified atom stereocenters. The number of nitrogens with zero attached hydrogens (tertiary/aromatic N) is 1. The van der Waals surface area contributed by atoms with Crippen LogP contribution in [0.15, 0.2) is 46.3 Å². The molecule has 158 valence electrons. The molecule has 29 heavy (non-hydrogen) atoms. The number of hydrogen-bond donors (Lipinski definition) is 1. The predicted octanol–water partition coefficient (Wildman–Crippen LogP) is 8.11. The molecule has 1 aromatic carbocycles. The van der Waals surface area contributed by atoms with Crippen LogP contribution in [0.25, 0.3) is 0 Å². The number of rotatable bonds is 12. The van der Waals surface area contributed by atoms with Crippen LogP contribution in [-0.4, -0.2) is 22.5 Å². The third-order valence-electron chi connectivity index (χ3n) is 5.10. The summed E-state index contributed by atoms with van der Waals surface area (Å²) in [5, 5.41) is 4.61. The van der Waals surface area contributed by atoms with Gasteiger partial charge in [0.2, 0.25) is 0 Å². The Morgan fingerprint density at radius 2 is 1.72 bits per heavy atom. The topological polar surface area (TPSA) is 24.9 Å². The van der Waals surface area contributed by atoms with Crippen molar-refractivity contribution in [2.24, 2.45) is 0 Å². The quantitative estimate of drug-likeness (QED) is 0.202. The van der Waals surface area contributed by atoms with E-state index in [0.717, 1.165) is 27.8 Å². The number of unbranched alkanes of at least 4 members (excludes halogenated alkanes) is 5. The third-order valence-corrected chi connectivity index (χ3v) is 6.93. The van der Waals surface area contributed by atoms with Crippen LogP contribution in [-0.2, 0) is 0 Å². The van der Waals surface area contributed by atoms with Crippen molar-refractivity contribution < 1.29 is 0 Å². The minimum Gasteiger partial charge on any atom is -0.346 e. The van der Waals surface area contributed by atoms with E-state index in [2.05, 4.69) is 61.2 Å². The van der Waals surface area contributed by atoms with Crippen molar-refractivity contribution >= 4 is 46.4 Å². The first-order valence-corrected chi connectivity index (χ1v) is 13.4. The second-order valence-electron chi connectivity index (χ2n) is 7.36. The van der Waals surface area contributed by atoms with E-state index < -0.39 is 0 Å². The van der Waals surface area contributed by atoms with Gasteiger partial charge in [-0.15, -0.1) is 23.5 Å². The molecule has 0 radical (unpaired) electrons. The molecule has 1 N–H and O–H groups in total. The van der Waals surface area contributed by atoms with Crippen molar-refractivity contribution in [2.75, 3.05) is 17.8 Å². The van der Waals surface area contributed by atoms with E-state index >= 15 is 0 Å². The molecule has 0 amide bonds. The van der Waals surface area contributed by atoms with Gasteiger partial charge in [0.1, 0.15) is 5.03 Å². The zero-order valence-electron chi connectivity index (χ0n) is 18.2. The van der Waals surface area contributed by atoms with E-state index in [1.807, 2.05) is 6.92 Å². The Balaban J connectivity index is 2.16. The van der Waals surface area contributed by atoms with Crippen molar-refractivity contribution in [2.45, 2.75) is 74.6 Å². The van der Waals surface area contributed by atoms with Crippen LogP contribution in [0.4, 0.5) is 5.69 Å². The molecule has 2 nitrogen and oxygen atoms in total. The molecule has 0 saturated heterocycles. The number of aryl methyl sites for hydroxylation is 1. The highest BCUT2D eigenvalue weighted by Gasteiger charge is 2.20. The fourth-order valence-corrected chi connectivity index (χ4v) is 5.17. The molecule has 1 atom stereocenters. The van der Waals surface area contributed by atoms with Gasteiger partial charge < -0.3 is 5.32 Å². The largest absolute Gasteiger partial charge is 0.346 e. The van der Waals surface area contributed by atoms with Gasteiger partial charge in [0.15, 0.2) is 0 Å². The normalized spacial score (nSPS) is 12.0. The molecular formula is C24H34N2S3. The van der Waals surface area contributed by atoms with Gasteiger partial charge in [-0.1, -0.05) is 88.0 Å². The van der Waals surface area contributed by atoms with E-state index in [4.69, 9.17) is 17.2 Å². The molecular weight excluding hydrogens is 412 g/mol. The van der Waals surface area contributed by atoms with Gasteiger partial charge in [-0.05, 0) is 37.5 Å². The zero-order valence-corrected chi connectivity index (χ0v) is 20.6. The van der Waals surface area contributed by atoms with Crippen LogP contribution in [0.1, 0.15) is 69.0 Å². The lowest BCUT2D eigenvalue weighted by Gasteiger charge is -2.22. The second kappa shape index (κ2) is 13.3. The Bertz CT molecular complexity index is 737. The average molecular weight is 447 g/mol. The number of hydrogen-bond acceptors (Lipinski definition) is 4. The summed E-state index contributed by atoms with van der Waals surface area (Å²) in [7, 11) is 0. The van der Waals surface area contributed by atoms with Crippen LogP contribution >= 0.6 is 35.7 Å². The Morgan fingerprint density at radius 3 is 2.38 bits per heavy atom. The lowest BCUT2D eigenvalue weighted by molar-refractivity contribution is 0.580. The molecule has 2 rings (SSSR count). The maximum absolute atomic E-state index is 5.95. The number of thioether (sulfide) groups is 2. The maximum Gasteiger partial charge on any atom is 0.121 e. The number of benzene rings is 1. The maximum atomic E-state index is 5.95. The van der Waals surface area contributed by atoms with Crippen LogP contribution in [0, 0.1) is 6.92 Å². The molecule has 0 fully saturated rings. The highest BCUT2D eigenvalue weighted by molar-refractivity contribution is 7.99. The Labute approximate surface area is 191 Å². The Morgan fingerprint density at radius 1 is 1.03 bits per heavy atom. The highest BCUT2D eigenvalue weighted by atomic mass is 32.2. The van der Waals surface area contributed by atoms with Crippen molar-refractivity contribution in [3.8, 4) is 0 Å². The Kier molecular flexibility index (Phi) is 11.1. The summed E-state index contributed by atoms with van der Waals surface area (Å²) in [5.74, 6) is 0.239. The molecule has 0 saturated carbocycles. The summed E-state index contributed by atoms with van der Waals surface area (Å²) in [4.78, 5) is 6.82. The van der Waals surface area contributed by atoms with Gasteiger partial charge >= 0.3 is 0 Å². The van der Waals surface area contributed by atoms with Gasteiger partial charge in [0, 0.05) is 16.5 Å². The third kappa shape index (κ3) is 7.62. The average Bonchev–Trinajstić information content (AvgIpc) is 2.74. The van der Waals surface area contributed by atoms with E-state index in [-0.39, 0.29) is 5.92 Å². The fraction of sp³-hybridized carbons (Fsp3) is 0.500. The summed E-state index contributed by atoms with van der Waals surface area (Å²) in [6.07, 6.45) is 13.1. The van der Waals surface area contributed by atoms with Gasteiger partial charge in [-0.2, -0.15) is 0 Å². The second-order valence-corrected chi connectivity index (χ2v) is 9.44. The van der Waals surface area contributed by atoms with Crippen molar-refractivity contribution in [3.05, 3.63) is 47.7 Å². The lowest BCUT2D eigenvalue weighted by atomic mass is 9.92. The monoisotopic (exact) mass is 446 g/mol. The van der Waals surface area contributed by atoms with Crippen LogP contribution in [0.5, 0.6) is 0 Å². The predicted molar refractivity (Wildman–Crippen MR) is 136 cm³/mol. The Hall–Kier alpha value is -1.04. The summed E-state index contributed by atoms with van der Waals surface area (Å²) in [5.41, 5.74) is 3.40. The van der Waals surface area contributed by atoms with Gasteiger partial charge in [-0.3, -0.25) is 0 Å². The van der Waals surface area contributed by atoms with Gasteiger partial charge in [0.25, 0.3) is 0 Å². The molecule has 0 aliphatic rings. The number of pyridine rings is 1. The van der Waals surface area contributed by atoms with E-state index in [1.165, 1.54) is 49.0 Å². The minimum atomic E-state index is 0.239. The molecule has 0 bridgehead atoms. The molecule has 2 aromatic rings.